The van der Waals surface area contributed by atoms with E-state index < -0.39 is 12.0 Å². The summed E-state index contributed by atoms with van der Waals surface area (Å²) >= 11 is 1.42. The highest BCUT2D eigenvalue weighted by molar-refractivity contribution is 8.15. The van der Waals surface area contributed by atoms with Gasteiger partial charge < -0.3 is 9.47 Å². The number of nitrogens with zero attached hydrogens (tertiary/aromatic N) is 2. The zero-order chi connectivity index (χ0) is 20.4. The summed E-state index contributed by atoms with van der Waals surface area (Å²) in [5, 5.41) is 0.411. The van der Waals surface area contributed by atoms with E-state index in [1.54, 1.807) is 18.9 Å². The molecule has 28 heavy (non-hydrogen) atoms. The number of thioether (sulfide) groups is 1. The van der Waals surface area contributed by atoms with Gasteiger partial charge in [-0.1, -0.05) is 49.9 Å². The lowest BCUT2D eigenvalue weighted by atomic mass is 9.92. The quantitative estimate of drug-likeness (QED) is 0.537. The average Bonchev–Trinajstić information content (AvgIpc) is 2.94. The molecule has 0 N–H and O–H groups in total. The van der Waals surface area contributed by atoms with E-state index in [1.165, 1.54) is 17.3 Å². The van der Waals surface area contributed by atoms with Crippen LogP contribution >= 0.6 is 11.8 Å². The van der Waals surface area contributed by atoms with Crippen molar-refractivity contribution in [1.29, 1.82) is 0 Å². The van der Waals surface area contributed by atoms with Crippen molar-refractivity contribution in [2.75, 3.05) is 20.3 Å². The van der Waals surface area contributed by atoms with E-state index >= 15 is 0 Å². The number of allylic oxidation sites excluding steroid dienone is 1. The molecule has 0 spiro atoms. The molecule has 3 rings (SSSR count). The Bertz CT molecular complexity index is 829. The first-order valence-corrected chi connectivity index (χ1v) is 10.3. The summed E-state index contributed by atoms with van der Waals surface area (Å²) in [6, 6.07) is 7.53. The van der Waals surface area contributed by atoms with Gasteiger partial charge in [0.1, 0.15) is 6.61 Å². The Morgan fingerprint density at radius 2 is 1.93 bits per heavy atom. The largest absolute Gasteiger partial charge is 0.460 e. The maximum absolute atomic E-state index is 12.9. The van der Waals surface area contributed by atoms with Crippen LogP contribution in [0.25, 0.3) is 0 Å². The Kier molecular flexibility index (Phi) is 6.25. The van der Waals surface area contributed by atoms with Crippen LogP contribution in [0.15, 0.2) is 40.5 Å². The Morgan fingerprint density at radius 3 is 2.54 bits per heavy atom. The van der Waals surface area contributed by atoms with Crippen molar-refractivity contribution in [1.82, 2.24) is 4.90 Å². The molecule has 0 unspecified atom stereocenters. The van der Waals surface area contributed by atoms with Crippen LogP contribution in [0.4, 0.5) is 0 Å². The molecule has 1 aromatic rings. The summed E-state index contributed by atoms with van der Waals surface area (Å²) in [6.07, 6.45) is 0. The lowest BCUT2D eigenvalue weighted by Gasteiger charge is -2.33. The molecular formula is C21H26N2O4S. The SMILES string of the molecule is COCCOC(=O)C1=C(C)N=C2S[C@H](C)C(=O)N2[C@@H]1c1ccc(C(C)C)cc1. The minimum Gasteiger partial charge on any atom is -0.460 e. The van der Waals surface area contributed by atoms with Gasteiger partial charge in [0.25, 0.3) is 0 Å². The lowest BCUT2D eigenvalue weighted by molar-refractivity contribution is -0.141. The zero-order valence-corrected chi connectivity index (χ0v) is 17.7. The predicted octanol–water partition coefficient (Wildman–Crippen LogP) is 3.65. The Labute approximate surface area is 170 Å². The third-order valence-electron chi connectivity index (χ3n) is 4.92. The van der Waals surface area contributed by atoms with Crippen molar-refractivity contribution in [2.24, 2.45) is 4.99 Å². The standard InChI is InChI=1S/C21H26N2O4S/c1-12(2)15-6-8-16(9-7-15)18-17(20(25)27-11-10-26-5)13(3)22-21-23(18)19(24)14(4)28-21/h6-9,12,14,18H,10-11H2,1-5H3/t14-,18-/m1/s1. The van der Waals surface area contributed by atoms with Crippen molar-refractivity contribution in [3.05, 3.63) is 46.7 Å². The Morgan fingerprint density at radius 1 is 1.25 bits per heavy atom. The molecule has 2 aliphatic heterocycles. The van der Waals surface area contributed by atoms with Gasteiger partial charge in [-0.05, 0) is 30.9 Å². The maximum Gasteiger partial charge on any atom is 0.338 e. The van der Waals surface area contributed by atoms with Gasteiger partial charge in [-0.25, -0.2) is 9.79 Å². The van der Waals surface area contributed by atoms with Gasteiger partial charge in [0.15, 0.2) is 5.17 Å². The van der Waals surface area contributed by atoms with Crippen LogP contribution in [-0.2, 0) is 19.1 Å². The fraction of sp³-hybridized carbons (Fsp3) is 0.476. The van der Waals surface area contributed by atoms with E-state index in [0.29, 0.717) is 29.0 Å². The first-order chi connectivity index (χ1) is 13.3. The highest BCUT2D eigenvalue weighted by atomic mass is 32.2. The van der Waals surface area contributed by atoms with E-state index in [2.05, 4.69) is 18.8 Å². The number of esters is 1. The van der Waals surface area contributed by atoms with Crippen LogP contribution in [-0.4, -0.2) is 47.5 Å². The second-order valence-electron chi connectivity index (χ2n) is 7.21. The van der Waals surface area contributed by atoms with E-state index in [4.69, 9.17) is 9.47 Å². The number of amidine groups is 1. The van der Waals surface area contributed by atoms with Crippen molar-refractivity contribution < 1.29 is 19.1 Å². The molecule has 0 saturated carbocycles. The molecule has 2 heterocycles. The fourth-order valence-corrected chi connectivity index (χ4v) is 4.37. The lowest BCUT2D eigenvalue weighted by Crippen LogP contribution is -2.40. The molecule has 1 fully saturated rings. The molecule has 0 radical (unpaired) electrons. The number of aliphatic imine (C=N–C) groups is 1. The first kappa shape index (κ1) is 20.6. The number of rotatable bonds is 6. The number of hydrogen-bond acceptors (Lipinski definition) is 6. The van der Waals surface area contributed by atoms with Gasteiger partial charge in [-0.3, -0.25) is 9.69 Å². The van der Waals surface area contributed by atoms with Crippen molar-refractivity contribution in [2.45, 2.75) is 44.9 Å². The monoisotopic (exact) mass is 402 g/mol. The molecule has 2 aliphatic rings. The number of carbonyl (C=O) groups is 2. The molecule has 1 aromatic carbocycles. The summed E-state index contributed by atoms with van der Waals surface area (Å²) in [5.41, 5.74) is 3.06. The molecule has 1 saturated heterocycles. The van der Waals surface area contributed by atoms with Crippen molar-refractivity contribution in [3.8, 4) is 0 Å². The number of carbonyl (C=O) groups excluding carboxylic acids is 2. The van der Waals surface area contributed by atoms with Gasteiger partial charge in [0.05, 0.1) is 29.2 Å². The molecule has 6 nitrogen and oxygen atoms in total. The van der Waals surface area contributed by atoms with E-state index in [-0.39, 0.29) is 17.8 Å². The molecule has 1 amide bonds. The Hall–Kier alpha value is -2.12. The van der Waals surface area contributed by atoms with Gasteiger partial charge >= 0.3 is 5.97 Å². The second kappa shape index (κ2) is 8.49. The molecule has 150 valence electrons. The van der Waals surface area contributed by atoms with Crippen LogP contribution in [0.2, 0.25) is 0 Å². The normalized spacial score (nSPS) is 21.9. The molecule has 2 atom stereocenters. The van der Waals surface area contributed by atoms with Crippen molar-refractivity contribution >= 4 is 28.8 Å². The molecule has 0 aliphatic carbocycles. The molecule has 0 aromatic heterocycles. The smallest absolute Gasteiger partial charge is 0.338 e. The zero-order valence-electron chi connectivity index (χ0n) is 16.9. The summed E-state index contributed by atoms with van der Waals surface area (Å²) in [7, 11) is 1.55. The van der Waals surface area contributed by atoms with Crippen LogP contribution in [0.5, 0.6) is 0 Å². The Balaban J connectivity index is 2.03. The van der Waals surface area contributed by atoms with Crippen LogP contribution in [0.3, 0.4) is 0 Å². The number of benzene rings is 1. The van der Waals surface area contributed by atoms with Gasteiger partial charge in [0.2, 0.25) is 5.91 Å². The summed E-state index contributed by atoms with van der Waals surface area (Å²) in [5.74, 6) is -0.110. The summed E-state index contributed by atoms with van der Waals surface area (Å²) < 4.78 is 10.3. The van der Waals surface area contributed by atoms with E-state index in [0.717, 1.165) is 5.56 Å². The number of amides is 1. The number of hydrogen-bond donors (Lipinski definition) is 0. The third-order valence-corrected chi connectivity index (χ3v) is 5.97. The van der Waals surface area contributed by atoms with Crippen LogP contribution in [0, 0.1) is 0 Å². The van der Waals surface area contributed by atoms with Crippen LogP contribution < -0.4 is 0 Å². The minimum absolute atomic E-state index is 0.0450. The molecule has 0 bridgehead atoms. The van der Waals surface area contributed by atoms with E-state index in [1.807, 2.05) is 31.2 Å². The molecule has 7 heteroatoms. The maximum atomic E-state index is 12.9. The number of methoxy groups -OCH3 is 1. The van der Waals surface area contributed by atoms with Crippen LogP contribution in [0.1, 0.15) is 50.8 Å². The van der Waals surface area contributed by atoms with Gasteiger partial charge in [-0.15, -0.1) is 0 Å². The van der Waals surface area contributed by atoms with Crippen molar-refractivity contribution in [3.63, 3.8) is 0 Å². The van der Waals surface area contributed by atoms with E-state index in [9.17, 15) is 9.59 Å². The minimum atomic E-state index is -0.534. The average molecular weight is 403 g/mol. The summed E-state index contributed by atoms with van der Waals surface area (Å²) in [4.78, 5) is 31.9. The topological polar surface area (TPSA) is 68.2 Å². The predicted molar refractivity (Wildman–Crippen MR) is 110 cm³/mol. The molecular weight excluding hydrogens is 376 g/mol. The number of ether oxygens (including phenoxy) is 2. The highest BCUT2D eigenvalue weighted by Gasteiger charge is 2.46. The van der Waals surface area contributed by atoms with Gasteiger partial charge in [-0.2, -0.15) is 0 Å². The summed E-state index contributed by atoms with van der Waals surface area (Å²) in [6.45, 7) is 8.38. The number of fused-ring (bicyclic) bond motifs is 1. The van der Waals surface area contributed by atoms with Gasteiger partial charge in [0, 0.05) is 7.11 Å². The highest BCUT2D eigenvalue weighted by Crippen LogP contribution is 2.43. The third kappa shape index (κ3) is 3.86. The first-order valence-electron chi connectivity index (χ1n) is 9.40. The fourth-order valence-electron chi connectivity index (χ4n) is 3.34. The second-order valence-corrected chi connectivity index (χ2v) is 8.52.